The van der Waals surface area contributed by atoms with Gasteiger partial charge >= 0.3 is 0 Å². The second-order valence-corrected chi connectivity index (χ2v) is 5.73. The summed E-state index contributed by atoms with van der Waals surface area (Å²) in [6, 6.07) is 12.0. The largest absolute Gasteiger partial charge is 0.281 e. The summed E-state index contributed by atoms with van der Waals surface area (Å²) >= 11 is 9.61. The molecule has 2 heterocycles. The van der Waals surface area contributed by atoms with Crippen molar-refractivity contribution in [2.24, 2.45) is 0 Å². The van der Waals surface area contributed by atoms with E-state index in [0.717, 1.165) is 21.5 Å². The molecule has 0 bridgehead atoms. The Hall–Kier alpha value is -1.65. The van der Waals surface area contributed by atoms with Crippen LogP contribution in [0, 0.1) is 6.92 Å². The van der Waals surface area contributed by atoms with E-state index in [1.54, 1.807) is 12.5 Å². The number of rotatable bonds is 2. The highest BCUT2D eigenvalue weighted by molar-refractivity contribution is 9.10. The van der Waals surface area contributed by atoms with Gasteiger partial charge in [0.05, 0.1) is 5.69 Å². The lowest BCUT2D eigenvalue weighted by Crippen LogP contribution is -1.98. The standard InChI is InChI=1S/C15H11BrClN3/c1-10-2-4-11(5-3-10)14-15(17)19-9-20(14)13-7-6-12(16)8-18-13/h2-9H,1H3. The van der Waals surface area contributed by atoms with Crippen LogP contribution in [0.4, 0.5) is 0 Å². The first-order chi connectivity index (χ1) is 9.65. The Morgan fingerprint density at radius 1 is 1.05 bits per heavy atom. The second-order valence-electron chi connectivity index (χ2n) is 4.45. The number of halogens is 2. The van der Waals surface area contributed by atoms with E-state index in [9.17, 15) is 0 Å². The monoisotopic (exact) mass is 347 g/mol. The van der Waals surface area contributed by atoms with E-state index in [1.807, 2.05) is 28.8 Å². The van der Waals surface area contributed by atoms with Crippen molar-refractivity contribution in [3.63, 3.8) is 0 Å². The van der Waals surface area contributed by atoms with Crippen molar-refractivity contribution in [1.29, 1.82) is 0 Å². The van der Waals surface area contributed by atoms with E-state index in [-0.39, 0.29) is 0 Å². The first kappa shape index (κ1) is 13.3. The normalized spacial score (nSPS) is 10.8. The van der Waals surface area contributed by atoms with Gasteiger partial charge in [0.15, 0.2) is 5.15 Å². The maximum absolute atomic E-state index is 6.23. The fraction of sp³-hybridized carbons (Fsp3) is 0.0667. The van der Waals surface area contributed by atoms with Crippen LogP contribution in [0.15, 0.2) is 53.4 Å². The van der Waals surface area contributed by atoms with Gasteiger partial charge in [0, 0.05) is 16.2 Å². The first-order valence-corrected chi connectivity index (χ1v) is 7.24. The average Bonchev–Trinajstić information content (AvgIpc) is 2.83. The maximum atomic E-state index is 6.23. The van der Waals surface area contributed by atoms with Gasteiger partial charge in [-0.05, 0) is 35.0 Å². The lowest BCUT2D eigenvalue weighted by molar-refractivity contribution is 0.997. The van der Waals surface area contributed by atoms with Gasteiger partial charge < -0.3 is 0 Å². The van der Waals surface area contributed by atoms with Crippen LogP contribution in [0.3, 0.4) is 0 Å². The van der Waals surface area contributed by atoms with Crippen molar-refractivity contribution in [3.8, 4) is 17.1 Å². The van der Waals surface area contributed by atoms with Crippen LogP contribution >= 0.6 is 27.5 Å². The number of imidazole rings is 1. The molecule has 0 aliphatic heterocycles. The van der Waals surface area contributed by atoms with Crippen LogP contribution in [-0.2, 0) is 0 Å². The summed E-state index contributed by atoms with van der Waals surface area (Å²) in [7, 11) is 0. The smallest absolute Gasteiger partial charge is 0.155 e. The van der Waals surface area contributed by atoms with E-state index in [1.165, 1.54) is 5.56 Å². The molecule has 3 rings (SSSR count). The van der Waals surface area contributed by atoms with Crippen LogP contribution in [0.1, 0.15) is 5.56 Å². The topological polar surface area (TPSA) is 30.7 Å². The predicted octanol–water partition coefficient (Wildman–Crippen LogP) is 4.66. The van der Waals surface area contributed by atoms with Crippen LogP contribution in [0.5, 0.6) is 0 Å². The minimum atomic E-state index is 0.471. The molecule has 0 saturated carbocycles. The Bertz CT molecular complexity index is 733. The molecule has 0 radical (unpaired) electrons. The lowest BCUT2D eigenvalue weighted by Gasteiger charge is -2.08. The van der Waals surface area contributed by atoms with Gasteiger partial charge in [0.1, 0.15) is 12.1 Å². The molecule has 0 aliphatic rings. The molecule has 3 aromatic rings. The molecule has 0 saturated heterocycles. The summed E-state index contributed by atoms with van der Waals surface area (Å²) in [6.07, 6.45) is 3.44. The van der Waals surface area contributed by atoms with Crippen molar-refractivity contribution in [2.75, 3.05) is 0 Å². The van der Waals surface area contributed by atoms with Gasteiger partial charge in [0.25, 0.3) is 0 Å². The van der Waals surface area contributed by atoms with E-state index in [4.69, 9.17) is 11.6 Å². The zero-order valence-electron chi connectivity index (χ0n) is 10.7. The summed E-state index contributed by atoms with van der Waals surface area (Å²) in [5.41, 5.74) is 3.07. The summed E-state index contributed by atoms with van der Waals surface area (Å²) in [4.78, 5) is 8.57. The molecule has 0 unspecified atom stereocenters. The molecule has 0 fully saturated rings. The minimum Gasteiger partial charge on any atom is -0.281 e. The third kappa shape index (κ3) is 2.49. The van der Waals surface area contributed by atoms with Crippen molar-refractivity contribution >= 4 is 27.5 Å². The Morgan fingerprint density at radius 2 is 1.80 bits per heavy atom. The zero-order chi connectivity index (χ0) is 14.1. The number of nitrogens with zero attached hydrogens (tertiary/aromatic N) is 3. The Morgan fingerprint density at radius 3 is 2.45 bits per heavy atom. The highest BCUT2D eigenvalue weighted by atomic mass is 79.9. The first-order valence-electron chi connectivity index (χ1n) is 6.07. The Balaban J connectivity index is 2.14. The molecule has 0 atom stereocenters. The van der Waals surface area contributed by atoms with E-state index in [0.29, 0.717) is 5.15 Å². The Kier molecular flexibility index (Phi) is 3.59. The SMILES string of the molecule is Cc1ccc(-c2c(Cl)ncn2-c2ccc(Br)cn2)cc1. The number of hydrogen-bond acceptors (Lipinski definition) is 2. The number of pyridine rings is 1. The van der Waals surface area contributed by atoms with Gasteiger partial charge in [-0.3, -0.25) is 4.57 Å². The van der Waals surface area contributed by atoms with Crippen molar-refractivity contribution < 1.29 is 0 Å². The average molecular weight is 349 g/mol. The molecule has 0 amide bonds. The molecule has 100 valence electrons. The van der Waals surface area contributed by atoms with Crippen molar-refractivity contribution in [3.05, 3.63) is 64.1 Å². The molecule has 0 spiro atoms. The summed E-state index contributed by atoms with van der Waals surface area (Å²) < 4.78 is 2.82. The maximum Gasteiger partial charge on any atom is 0.155 e. The molecular weight excluding hydrogens is 338 g/mol. The van der Waals surface area contributed by atoms with Crippen LogP contribution in [0.25, 0.3) is 17.1 Å². The molecule has 20 heavy (non-hydrogen) atoms. The summed E-state index contributed by atoms with van der Waals surface area (Å²) in [5.74, 6) is 0.781. The zero-order valence-corrected chi connectivity index (χ0v) is 13.1. The van der Waals surface area contributed by atoms with Gasteiger partial charge in [-0.2, -0.15) is 0 Å². The number of aromatic nitrogens is 3. The fourth-order valence-corrected chi connectivity index (χ4v) is 2.46. The third-order valence-electron chi connectivity index (χ3n) is 3.01. The fourth-order valence-electron chi connectivity index (χ4n) is 1.98. The molecule has 0 aliphatic carbocycles. The summed E-state index contributed by atoms with van der Waals surface area (Å²) in [5, 5.41) is 0.471. The van der Waals surface area contributed by atoms with Gasteiger partial charge in [-0.1, -0.05) is 41.4 Å². The minimum absolute atomic E-state index is 0.471. The van der Waals surface area contributed by atoms with E-state index in [2.05, 4.69) is 45.0 Å². The Labute approximate surface area is 130 Å². The molecule has 0 N–H and O–H groups in total. The quantitative estimate of drug-likeness (QED) is 0.674. The number of hydrogen-bond donors (Lipinski definition) is 0. The van der Waals surface area contributed by atoms with Crippen LogP contribution in [-0.4, -0.2) is 14.5 Å². The number of benzene rings is 1. The third-order valence-corrected chi connectivity index (χ3v) is 3.75. The molecule has 5 heteroatoms. The molecule has 3 nitrogen and oxygen atoms in total. The van der Waals surface area contributed by atoms with Gasteiger partial charge in [0.2, 0.25) is 0 Å². The second kappa shape index (κ2) is 5.38. The highest BCUT2D eigenvalue weighted by Gasteiger charge is 2.13. The van der Waals surface area contributed by atoms with Crippen LogP contribution in [0.2, 0.25) is 5.15 Å². The van der Waals surface area contributed by atoms with Crippen molar-refractivity contribution in [1.82, 2.24) is 14.5 Å². The van der Waals surface area contributed by atoms with Crippen molar-refractivity contribution in [2.45, 2.75) is 6.92 Å². The van der Waals surface area contributed by atoms with Crippen LogP contribution < -0.4 is 0 Å². The number of aryl methyl sites for hydroxylation is 1. The molecular formula is C15H11BrClN3. The highest BCUT2D eigenvalue weighted by Crippen LogP contribution is 2.29. The van der Waals surface area contributed by atoms with E-state index < -0.39 is 0 Å². The summed E-state index contributed by atoms with van der Waals surface area (Å²) in [6.45, 7) is 2.05. The van der Waals surface area contributed by atoms with Gasteiger partial charge in [-0.25, -0.2) is 9.97 Å². The van der Waals surface area contributed by atoms with E-state index >= 15 is 0 Å². The lowest BCUT2D eigenvalue weighted by atomic mass is 10.1. The molecule has 2 aromatic heterocycles. The van der Waals surface area contributed by atoms with Gasteiger partial charge in [-0.15, -0.1) is 0 Å². The predicted molar refractivity (Wildman–Crippen MR) is 84.2 cm³/mol. The molecule has 1 aromatic carbocycles.